The molecule has 0 unspecified atom stereocenters. The smallest absolute Gasteiger partial charge is 0.156 e. The van der Waals surface area contributed by atoms with E-state index in [1.807, 2.05) is 13.1 Å². The van der Waals surface area contributed by atoms with E-state index in [4.69, 9.17) is 0 Å². The fourth-order valence-corrected chi connectivity index (χ4v) is 2.22. The Morgan fingerprint density at radius 2 is 2.24 bits per heavy atom. The average molecular weight is 299 g/mol. The molecule has 0 aliphatic carbocycles. The highest BCUT2D eigenvalue weighted by Crippen LogP contribution is 2.28. The minimum absolute atomic E-state index is 0.274. The number of halogens is 2. The van der Waals surface area contributed by atoms with Crippen LogP contribution < -0.4 is 5.32 Å². The number of benzene rings is 1. The van der Waals surface area contributed by atoms with E-state index >= 15 is 0 Å². The molecular weight excluding hydrogens is 287 g/mol. The first-order chi connectivity index (χ1) is 8.13. The monoisotopic (exact) mass is 298 g/mol. The lowest BCUT2D eigenvalue weighted by molar-refractivity contribution is 0.623. The van der Waals surface area contributed by atoms with E-state index in [2.05, 4.69) is 31.6 Å². The molecule has 2 aromatic rings. The van der Waals surface area contributed by atoms with Crippen molar-refractivity contribution < 1.29 is 4.39 Å². The van der Waals surface area contributed by atoms with E-state index in [1.54, 1.807) is 17.8 Å². The summed E-state index contributed by atoms with van der Waals surface area (Å²) in [5.74, 6) is -0.274. The normalized spacial score (nSPS) is 10.8. The van der Waals surface area contributed by atoms with Crippen LogP contribution in [-0.4, -0.2) is 22.0 Å². The first kappa shape index (κ1) is 12.2. The number of aromatic nitrogens is 3. The van der Waals surface area contributed by atoms with Gasteiger partial charge in [0.05, 0.1) is 0 Å². The molecule has 0 bridgehead atoms. The molecule has 1 aromatic carbocycles. The van der Waals surface area contributed by atoms with Crippen molar-refractivity contribution in [3.05, 3.63) is 34.2 Å². The first-order valence-corrected chi connectivity index (χ1v) is 5.91. The van der Waals surface area contributed by atoms with Crippen LogP contribution in [0.1, 0.15) is 5.56 Å². The lowest BCUT2D eigenvalue weighted by atomic mass is 10.1. The fourth-order valence-electron chi connectivity index (χ4n) is 1.68. The van der Waals surface area contributed by atoms with Gasteiger partial charge in [0.25, 0.3) is 0 Å². The summed E-state index contributed by atoms with van der Waals surface area (Å²) in [7, 11) is 3.56. The van der Waals surface area contributed by atoms with Gasteiger partial charge in [-0.2, -0.15) is 0 Å². The summed E-state index contributed by atoms with van der Waals surface area (Å²) >= 11 is 3.26. The Hall–Kier alpha value is -1.27. The Morgan fingerprint density at radius 3 is 2.76 bits per heavy atom. The molecule has 0 fully saturated rings. The van der Waals surface area contributed by atoms with Gasteiger partial charge in [0.2, 0.25) is 0 Å². The van der Waals surface area contributed by atoms with Crippen molar-refractivity contribution in [1.82, 2.24) is 20.3 Å². The van der Waals surface area contributed by atoms with Crippen molar-refractivity contribution in [3.8, 4) is 11.3 Å². The van der Waals surface area contributed by atoms with Crippen LogP contribution in [0, 0.1) is 5.82 Å². The molecule has 0 saturated heterocycles. The predicted molar refractivity (Wildman–Crippen MR) is 66.9 cm³/mol. The van der Waals surface area contributed by atoms with E-state index in [0.29, 0.717) is 22.4 Å². The van der Waals surface area contributed by atoms with Crippen LogP contribution in [-0.2, 0) is 13.6 Å². The van der Waals surface area contributed by atoms with Gasteiger partial charge in [-0.15, -0.1) is 5.10 Å². The molecule has 1 aromatic heterocycles. The summed E-state index contributed by atoms with van der Waals surface area (Å²) in [4.78, 5) is 0. The quantitative estimate of drug-likeness (QED) is 0.944. The second-order valence-corrected chi connectivity index (χ2v) is 4.45. The molecule has 1 heterocycles. The highest BCUT2D eigenvalue weighted by molar-refractivity contribution is 9.10. The summed E-state index contributed by atoms with van der Waals surface area (Å²) in [5.41, 5.74) is 2.03. The highest BCUT2D eigenvalue weighted by atomic mass is 79.9. The van der Waals surface area contributed by atoms with Crippen LogP contribution >= 0.6 is 15.9 Å². The maximum atomic E-state index is 14.0. The van der Waals surface area contributed by atoms with E-state index in [-0.39, 0.29) is 5.82 Å². The summed E-state index contributed by atoms with van der Waals surface area (Å²) in [6.45, 7) is 0.641. The van der Waals surface area contributed by atoms with Gasteiger partial charge >= 0.3 is 0 Å². The van der Waals surface area contributed by atoms with Gasteiger partial charge in [0.1, 0.15) is 11.5 Å². The fraction of sp³-hybridized carbons (Fsp3) is 0.273. The molecule has 0 saturated carbocycles. The van der Waals surface area contributed by atoms with E-state index in [1.165, 1.54) is 6.07 Å². The van der Waals surface area contributed by atoms with Crippen LogP contribution in [0.2, 0.25) is 0 Å². The van der Waals surface area contributed by atoms with Crippen molar-refractivity contribution >= 4 is 15.9 Å². The standard InChI is InChI=1S/C11H12BrFN4/c1-14-6-7-3-4-8(9(13)5-7)10-11(12)15-16-17(10)2/h3-5,14H,6H2,1-2H3. The Morgan fingerprint density at radius 1 is 1.47 bits per heavy atom. The molecule has 90 valence electrons. The Bertz CT molecular complexity index is 519. The average Bonchev–Trinajstić information content (AvgIpc) is 2.60. The second kappa shape index (κ2) is 4.93. The predicted octanol–water partition coefficient (Wildman–Crippen LogP) is 2.10. The van der Waals surface area contributed by atoms with Gasteiger partial charge in [-0.05, 0) is 40.7 Å². The van der Waals surface area contributed by atoms with Gasteiger partial charge < -0.3 is 5.32 Å². The van der Waals surface area contributed by atoms with Gasteiger partial charge in [-0.3, -0.25) is 0 Å². The van der Waals surface area contributed by atoms with E-state index in [0.717, 1.165) is 5.56 Å². The molecule has 0 aliphatic rings. The Labute approximate surface area is 107 Å². The lowest BCUT2D eigenvalue weighted by Crippen LogP contribution is -2.05. The highest BCUT2D eigenvalue weighted by Gasteiger charge is 2.14. The van der Waals surface area contributed by atoms with Crippen molar-refractivity contribution in [2.75, 3.05) is 7.05 Å². The van der Waals surface area contributed by atoms with Crippen LogP contribution in [0.3, 0.4) is 0 Å². The molecule has 1 N–H and O–H groups in total. The SMILES string of the molecule is CNCc1ccc(-c2c(Br)nnn2C)c(F)c1. The number of nitrogens with zero attached hydrogens (tertiary/aromatic N) is 3. The third kappa shape index (κ3) is 2.37. The largest absolute Gasteiger partial charge is 0.316 e. The third-order valence-corrected chi connectivity index (χ3v) is 2.99. The first-order valence-electron chi connectivity index (χ1n) is 5.12. The van der Waals surface area contributed by atoms with Crippen molar-refractivity contribution in [2.24, 2.45) is 7.05 Å². The number of aryl methyl sites for hydroxylation is 1. The van der Waals surface area contributed by atoms with Crippen molar-refractivity contribution in [3.63, 3.8) is 0 Å². The lowest BCUT2D eigenvalue weighted by Gasteiger charge is -2.06. The van der Waals surface area contributed by atoms with Gasteiger partial charge in [0.15, 0.2) is 4.60 Å². The number of nitrogens with one attached hydrogen (secondary N) is 1. The molecule has 17 heavy (non-hydrogen) atoms. The second-order valence-electron chi connectivity index (χ2n) is 3.70. The van der Waals surface area contributed by atoms with Crippen LogP contribution in [0.4, 0.5) is 4.39 Å². The van der Waals surface area contributed by atoms with Crippen molar-refractivity contribution in [2.45, 2.75) is 6.54 Å². The van der Waals surface area contributed by atoms with Gasteiger partial charge in [-0.25, -0.2) is 9.07 Å². The summed E-state index contributed by atoms with van der Waals surface area (Å²) < 4.78 is 16.1. The minimum Gasteiger partial charge on any atom is -0.316 e. The maximum Gasteiger partial charge on any atom is 0.156 e. The summed E-state index contributed by atoms with van der Waals surface area (Å²) in [5, 5.41) is 10.7. The third-order valence-electron chi connectivity index (χ3n) is 2.46. The maximum absolute atomic E-state index is 14.0. The van der Waals surface area contributed by atoms with E-state index in [9.17, 15) is 4.39 Å². The zero-order valence-corrected chi connectivity index (χ0v) is 11.1. The van der Waals surface area contributed by atoms with Crippen molar-refractivity contribution in [1.29, 1.82) is 0 Å². The number of rotatable bonds is 3. The van der Waals surface area contributed by atoms with Gasteiger partial charge in [-0.1, -0.05) is 11.3 Å². The molecule has 0 spiro atoms. The summed E-state index contributed by atoms with van der Waals surface area (Å²) in [6, 6.07) is 5.14. The number of hydrogen-bond acceptors (Lipinski definition) is 3. The molecule has 0 aliphatic heterocycles. The van der Waals surface area contributed by atoms with Crippen LogP contribution in [0.25, 0.3) is 11.3 Å². The van der Waals surface area contributed by atoms with Crippen LogP contribution in [0.5, 0.6) is 0 Å². The molecule has 0 atom stereocenters. The topological polar surface area (TPSA) is 42.7 Å². The molecular formula is C11H12BrFN4. The zero-order valence-electron chi connectivity index (χ0n) is 9.54. The minimum atomic E-state index is -0.274. The Balaban J connectivity index is 2.47. The van der Waals surface area contributed by atoms with E-state index < -0.39 is 0 Å². The van der Waals surface area contributed by atoms with Crippen LogP contribution in [0.15, 0.2) is 22.8 Å². The summed E-state index contributed by atoms with van der Waals surface area (Å²) in [6.07, 6.45) is 0. The molecule has 2 rings (SSSR count). The Kier molecular flexibility index (Phi) is 3.54. The molecule has 6 heteroatoms. The molecule has 0 radical (unpaired) electrons. The number of hydrogen-bond donors (Lipinski definition) is 1. The molecule has 0 amide bonds. The van der Waals surface area contributed by atoms with Gasteiger partial charge in [0, 0.05) is 19.2 Å². The zero-order chi connectivity index (χ0) is 12.4. The molecule has 4 nitrogen and oxygen atoms in total.